The van der Waals surface area contributed by atoms with E-state index < -0.39 is 6.04 Å². The number of aryl methyl sites for hydroxylation is 2. The SMILES string of the molecule is CC[C@H](C)NC(=O)[C@H](Cc1ccccc1)N(Cc1ccc(Br)cc1)C(=O)COc1cc(C)cc(C)c1. The molecule has 0 unspecified atom stereocenters. The quantitative estimate of drug-likeness (QED) is 0.318. The molecule has 6 heteroatoms. The largest absolute Gasteiger partial charge is 0.484 e. The molecule has 3 rings (SSSR count). The van der Waals surface area contributed by atoms with Crippen LogP contribution in [0.3, 0.4) is 0 Å². The summed E-state index contributed by atoms with van der Waals surface area (Å²) in [5.41, 5.74) is 4.07. The predicted octanol–water partition coefficient (Wildman–Crippen LogP) is 6.00. The average molecular weight is 552 g/mol. The van der Waals surface area contributed by atoms with Crippen LogP contribution in [0.1, 0.15) is 42.5 Å². The van der Waals surface area contributed by atoms with Crippen molar-refractivity contribution >= 4 is 27.7 Å². The molecule has 0 spiro atoms. The van der Waals surface area contributed by atoms with Crippen LogP contribution in [0.2, 0.25) is 0 Å². The third-order valence-corrected chi connectivity index (χ3v) is 6.62. The number of nitrogens with zero attached hydrogens (tertiary/aromatic N) is 1. The third kappa shape index (κ3) is 8.23. The highest BCUT2D eigenvalue weighted by Crippen LogP contribution is 2.19. The number of halogens is 1. The maximum Gasteiger partial charge on any atom is 0.261 e. The lowest BCUT2D eigenvalue weighted by Gasteiger charge is -2.32. The summed E-state index contributed by atoms with van der Waals surface area (Å²) in [6.45, 7) is 8.14. The molecule has 0 bridgehead atoms. The molecule has 0 saturated carbocycles. The molecule has 0 aliphatic carbocycles. The van der Waals surface area contributed by atoms with Crippen LogP contribution in [0.15, 0.2) is 77.3 Å². The van der Waals surface area contributed by atoms with E-state index in [1.165, 1.54) is 0 Å². The highest BCUT2D eigenvalue weighted by molar-refractivity contribution is 9.10. The van der Waals surface area contributed by atoms with Gasteiger partial charge in [-0.2, -0.15) is 0 Å². The second-order valence-corrected chi connectivity index (χ2v) is 10.2. The molecule has 5 nitrogen and oxygen atoms in total. The molecule has 2 atom stereocenters. The van der Waals surface area contributed by atoms with Crippen LogP contribution < -0.4 is 10.1 Å². The van der Waals surface area contributed by atoms with Crippen LogP contribution >= 0.6 is 15.9 Å². The molecule has 0 saturated heterocycles. The summed E-state index contributed by atoms with van der Waals surface area (Å²) in [6, 6.07) is 22.8. The Bertz CT molecular complexity index is 1130. The zero-order chi connectivity index (χ0) is 26.1. The molecule has 190 valence electrons. The van der Waals surface area contributed by atoms with Crippen molar-refractivity contribution in [3.63, 3.8) is 0 Å². The first-order valence-corrected chi connectivity index (χ1v) is 13.1. The fourth-order valence-electron chi connectivity index (χ4n) is 4.03. The highest BCUT2D eigenvalue weighted by Gasteiger charge is 2.31. The van der Waals surface area contributed by atoms with E-state index in [1.807, 2.05) is 94.4 Å². The summed E-state index contributed by atoms with van der Waals surface area (Å²) < 4.78 is 6.88. The first-order valence-electron chi connectivity index (χ1n) is 12.3. The van der Waals surface area contributed by atoms with Gasteiger partial charge in [0.15, 0.2) is 6.61 Å². The molecule has 0 aliphatic rings. The Morgan fingerprint density at radius 1 is 0.944 bits per heavy atom. The Morgan fingerprint density at radius 2 is 1.58 bits per heavy atom. The minimum Gasteiger partial charge on any atom is -0.484 e. The van der Waals surface area contributed by atoms with Crippen molar-refractivity contribution in [2.24, 2.45) is 0 Å². The van der Waals surface area contributed by atoms with E-state index in [0.29, 0.717) is 18.7 Å². The van der Waals surface area contributed by atoms with Gasteiger partial charge < -0.3 is 15.0 Å². The fraction of sp³-hybridized carbons (Fsp3) is 0.333. The Labute approximate surface area is 223 Å². The zero-order valence-electron chi connectivity index (χ0n) is 21.5. The summed E-state index contributed by atoms with van der Waals surface area (Å²) in [7, 11) is 0. The van der Waals surface area contributed by atoms with Crippen LogP contribution in [-0.2, 0) is 22.6 Å². The Morgan fingerprint density at radius 3 is 2.19 bits per heavy atom. The van der Waals surface area contributed by atoms with Crippen LogP contribution in [0.25, 0.3) is 0 Å². The first kappa shape index (κ1) is 27.5. The summed E-state index contributed by atoms with van der Waals surface area (Å²) in [4.78, 5) is 28.8. The number of carbonyl (C=O) groups excluding carboxylic acids is 2. The van der Waals surface area contributed by atoms with Gasteiger partial charge in [0, 0.05) is 23.5 Å². The molecule has 0 aromatic heterocycles. The van der Waals surface area contributed by atoms with Gasteiger partial charge in [-0.3, -0.25) is 9.59 Å². The van der Waals surface area contributed by atoms with Crippen molar-refractivity contribution in [3.05, 3.63) is 99.5 Å². The van der Waals surface area contributed by atoms with Gasteiger partial charge >= 0.3 is 0 Å². The van der Waals surface area contributed by atoms with Crippen LogP contribution in [0.4, 0.5) is 0 Å². The number of hydrogen-bond acceptors (Lipinski definition) is 3. The summed E-state index contributed by atoms with van der Waals surface area (Å²) in [5, 5.41) is 3.09. The lowest BCUT2D eigenvalue weighted by molar-refractivity contribution is -0.143. The Kier molecular flexibility index (Phi) is 10.1. The lowest BCUT2D eigenvalue weighted by atomic mass is 10.0. The van der Waals surface area contributed by atoms with E-state index in [2.05, 4.69) is 27.3 Å². The maximum absolute atomic E-state index is 13.7. The summed E-state index contributed by atoms with van der Waals surface area (Å²) >= 11 is 3.47. The molecule has 1 N–H and O–H groups in total. The second-order valence-electron chi connectivity index (χ2n) is 9.28. The van der Waals surface area contributed by atoms with Gasteiger partial charge in [0.05, 0.1) is 0 Å². The van der Waals surface area contributed by atoms with Gasteiger partial charge in [-0.05, 0) is 73.7 Å². The van der Waals surface area contributed by atoms with Crippen LogP contribution in [0.5, 0.6) is 5.75 Å². The number of nitrogens with one attached hydrogen (secondary N) is 1. The highest BCUT2D eigenvalue weighted by atomic mass is 79.9. The van der Waals surface area contributed by atoms with E-state index in [1.54, 1.807) is 4.90 Å². The van der Waals surface area contributed by atoms with Crippen molar-refractivity contribution in [2.75, 3.05) is 6.61 Å². The minimum absolute atomic E-state index is 0.00641. The molecule has 0 aliphatic heterocycles. The molecule has 0 fully saturated rings. The minimum atomic E-state index is -0.680. The molecule has 3 aromatic carbocycles. The monoisotopic (exact) mass is 550 g/mol. The number of hydrogen-bond donors (Lipinski definition) is 1. The van der Waals surface area contributed by atoms with Gasteiger partial charge in [-0.25, -0.2) is 0 Å². The fourth-order valence-corrected chi connectivity index (χ4v) is 4.29. The smallest absolute Gasteiger partial charge is 0.261 e. The Hall–Kier alpha value is -3.12. The average Bonchev–Trinajstić information content (AvgIpc) is 2.85. The third-order valence-electron chi connectivity index (χ3n) is 6.10. The van der Waals surface area contributed by atoms with Crippen LogP contribution in [-0.4, -0.2) is 35.4 Å². The predicted molar refractivity (Wildman–Crippen MR) is 148 cm³/mol. The molecule has 0 heterocycles. The van der Waals surface area contributed by atoms with E-state index >= 15 is 0 Å². The lowest BCUT2D eigenvalue weighted by Crippen LogP contribution is -2.53. The molecule has 36 heavy (non-hydrogen) atoms. The summed E-state index contributed by atoms with van der Waals surface area (Å²) in [5.74, 6) is 0.246. The zero-order valence-corrected chi connectivity index (χ0v) is 23.0. The molecule has 2 amide bonds. The molecular weight excluding hydrogens is 516 g/mol. The normalized spacial score (nSPS) is 12.5. The molecule has 3 aromatic rings. The van der Waals surface area contributed by atoms with Gasteiger partial charge in [-0.1, -0.05) is 71.4 Å². The van der Waals surface area contributed by atoms with E-state index in [-0.39, 0.29) is 24.5 Å². The van der Waals surface area contributed by atoms with E-state index in [4.69, 9.17) is 4.74 Å². The maximum atomic E-state index is 13.7. The van der Waals surface area contributed by atoms with Crippen LogP contribution in [0, 0.1) is 13.8 Å². The van der Waals surface area contributed by atoms with E-state index in [9.17, 15) is 9.59 Å². The van der Waals surface area contributed by atoms with Crippen molar-refractivity contribution in [1.29, 1.82) is 0 Å². The van der Waals surface area contributed by atoms with Gasteiger partial charge in [-0.15, -0.1) is 0 Å². The number of benzene rings is 3. The van der Waals surface area contributed by atoms with Crippen molar-refractivity contribution < 1.29 is 14.3 Å². The molecular formula is C30H35BrN2O3. The van der Waals surface area contributed by atoms with Gasteiger partial charge in [0.25, 0.3) is 5.91 Å². The number of ether oxygens (including phenoxy) is 1. The van der Waals surface area contributed by atoms with E-state index in [0.717, 1.165) is 33.1 Å². The van der Waals surface area contributed by atoms with Crippen molar-refractivity contribution in [2.45, 2.75) is 59.2 Å². The summed E-state index contributed by atoms with van der Waals surface area (Å²) in [6.07, 6.45) is 1.22. The van der Waals surface area contributed by atoms with Gasteiger partial charge in [0.2, 0.25) is 5.91 Å². The second kappa shape index (κ2) is 13.3. The molecule has 0 radical (unpaired) electrons. The number of amides is 2. The van der Waals surface area contributed by atoms with Gasteiger partial charge in [0.1, 0.15) is 11.8 Å². The van der Waals surface area contributed by atoms with Crippen molar-refractivity contribution in [3.8, 4) is 5.75 Å². The standard InChI is InChI=1S/C30H35BrN2O3/c1-5-23(4)32-30(35)28(18-24-9-7-6-8-10-24)33(19-25-11-13-26(31)14-12-25)29(34)20-36-27-16-21(2)15-22(3)17-27/h6-17,23,28H,5,18-20H2,1-4H3,(H,32,35)/t23-,28-/m0/s1. The number of carbonyl (C=O) groups is 2. The topological polar surface area (TPSA) is 58.6 Å². The van der Waals surface area contributed by atoms with Crippen molar-refractivity contribution in [1.82, 2.24) is 10.2 Å². The number of rotatable bonds is 11. The Balaban J connectivity index is 1.91. The first-order chi connectivity index (χ1) is 17.2.